The maximum atomic E-state index is 12.8. The van der Waals surface area contributed by atoms with E-state index in [4.69, 9.17) is 4.74 Å². The molecule has 6 heteroatoms. The van der Waals surface area contributed by atoms with Gasteiger partial charge < -0.3 is 9.29 Å². The summed E-state index contributed by atoms with van der Waals surface area (Å²) in [5.74, 6) is 0.690. The number of piperidine rings is 1. The van der Waals surface area contributed by atoms with Gasteiger partial charge in [0.25, 0.3) is 0 Å². The van der Waals surface area contributed by atoms with Gasteiger partial charge in [-0.3, -0.25) is 4.90 Å². The smallest absolute Gasteiger partial charge is 0.219 e. The SMILES string of the molecule is CC(C)(C)N1CCC2(CC1)Oc1ncccc1[C@H]2N[S+]([O-])C(C)(C)C. The Morgan fingerprint density at radius 3 is 2.44 bits per heavy atom. The molecular weight excluding hydrogens is 334 g/mol. The first-order valence-electron chi connectivity index (χ1n) is 9.10. The molecule has 0 radical (unpaired) electrons. The van der Waals surface area contributed by atoms with Crippen LogP contribution in [0.5, 0.6) is 5.88 Å². The average Bonchev–Trinajstić information content (AvgIpc) is 2.79. The van der Waals surface area contributed by atoms with Crippen LogP contribution in [0.4, 0.5) is 0 Å². The Morgan fingerprint density at radius 2 is 1.88 bits per heavy atom. The molecule has 0 aromatic carbocycles. The number of aromatic nitrogens is 1. The minimum absolute atomic E-state index is 0.0848. The number of hydrogen-bond donors (Lipinski definition) is 1. The molecule has 1 spiro atoms. The van der Waals surface area contributed by atoms with Crippen LogP contribution >= 0.6 is 0 Å². The van der Waals surface area contributed by atoms with Crippen LogP contribution < -0.4 is 9.46 Å². The first-order chi connectivity index (χ1) is 11.5. The lowest BCUT2D eigenvalue weighted by Crippen LogP contribution is -2.57. The van der Waals surface area contributed by atoms with Crippen molar-refractivity contribution < 1.29 is 9.29 Å². The van der Waals surface area contributed by atoms with Crippen LogP contribution in [-0.4, -0.2) is 43.4 Å². The molecule has 2 aliphatic rings. The highest BCUT2D eigenvalue weighted by Gasteiger charge is 2.54. The minimum atomic E-state index is -1.16. The number of nitrogens with zero attached hydrogens (tertiary/aromatic N) is 2. The summed E-state index contributed by atoms with van der Waals surface area (Å²) in [6.07, 6.45) is 3.57. The molecule has 3 heterocycles. The topological polar surface area (TPSA) is 60.5 Å². The normalized spacial score (nSPS) is 24.8. The summed E-state index contributed by atoms with van der Waals surface area (Å²) in [6.45, 7) is 14.7. The average molecular weight is 366 g/mol. The zero-order chi connectivity index (χ0) is 18.5. The van der Waals surface area contributed by atoms with E-state index in [9.17, 15) is 4.55 Å². The van der Waals surface area contributed by atoms with Crippen molar-refractivity contribution >= 4 is 11.4 Å². The molecule has 1 fully saturated rings. The van der Waals surface area contributed by atoms with Crippen LogP contribution in [-0.2, 0) is 11.4 Å². The molecule has 140 valence electrons. The predicted molar refractivity (Wildman–Crippen MR) is 102 cm³/mol. The van der Waals surface area contributed by atoms with E-state index in [0.717, 1.165) is 31.5 Å². The summed E-state index contributed by atoms with van der Waals surface area (Å²) >= 11 is -1.16. The van der Waals surface area contributed by atoms with E-state index in [1.807, 2.05) is 32.9 Å². The van der Waals surface area contributed by atoms with Crippen LogP contribution in [0.25, 0.3) is 0 Å². The van der Waals surface area contributed by atoms with Crippen molar-refractivity contribution in [1.29, 1.82) is 0 Å². The third-order valence-electron chi connectivity index (χ3n) is 5.28. The Labute approximate surface area is 154 Å². The van der Waals surface area contributed by atoms with E-state index in [-0.39, 0.29) is 21.9 Å². The Bertz CT molecular complexity index is 616. The molecule has 0 amide bonds. The highest BCUT2D eigenvalue weighted by atomic mass is 32.2. The number of pyridine rings is 1. The van der Waals surface area contributed by atoms with Crippen molar-refractivity contribution in [3.8, 4) is 5.88 Å². The third-order valence-corrected chi connectivity index (χ3v) is 6.84. The van der Waals surface area contributed by atoms with Gasteiger partial charge in [-0.15, -0.1) is 4.72 Å². The Morgan fingerprint density at radius 1 is 1.24 bits per heavy atom. The first kappa shape index (κ1) is 19.0. The lowest BCUT2D eigenvalue weighted by atomic mass is 9.82. The fourth-order valence-corrected chi connectivity index (χ4v) is 4.55. The fourth-order valence-electron chi connectivity index (χ4n) is 3.64. The molecular formula is C19H31N3O2S. The second kappa shape index (κ2) is 6.41. The molecule has 1 aromatic heterocycles. The van der Waals surface area contributed by atoms with E-state index in [2.05, 4.69) is 35.4 Å². The van der Waals surface area contributed by atoms with Gasteiger partial charge in [-0.05, 0) is 47.6 Å². The van der Waals surface area contributed by atoms with Crippen molar-refractivity contribution in [1.82, 2.24) is 14.6 Å². The molecule has 0 bridgehead atoms. The molecule has 1 unspecified atom stereocenters. The maximum absolute atomic E-state index is 12.8. The summed E-state index contributed by atoms with van der Waals surface area (Å²) in [4.78, 5) is 6.92. The van der Waals surface area contributed by atoms with Crippen molar-refractivity contribution in [2.45, 2.75) is 76.3 Å². The third kappa shape index (κ3) is 3.68. The Kier molecular flexibility index (Phi) is 4.86. The molecule has 1 N–H and O–H groups in total. The van der Waals surface area contributed by atoms with E-state index >= 15 is 0 Å². The van der Waals surface area contributed by atoms with Gasteiger partial charge in [0.15, 0.2) is 0 Å². The summed E-state index contributed by atoms with van der Waals surface area (Å²) in [5.41, 5.74) is 0.825. The largest absolute Gasteiger partial charge is 0.598 e. The van der Waals surface area contributed by atoms with E-state index in [1.165, 1.54) is 0 Å². The predicted octanol–water partition coefficient (Wildman–Crippen LogP) is 3.20. The zero-order valence-electron chi connectivity index (χ0n) is 16.3. The van der Waals surface area contributed by atoms with Gasteiger partial charge in [-0.25, -0.2) is 4.98 Å². The van der Waals surface area contributed by atoms with E-state index in [1.54, 1.807) is 6.20 Å². The molecule has 1 aromatic rings. The van der Waals surface area contributed by atoms with Crippen LogP contribution in [0.3, 0.4) is 0 Å². The highest BCUT2D eigenvalue weighted by molar-refractivity contribution is 7.90. The van der Waals surface area contributed by atoms with Gasteiger partial charge >= 0.3 is 0 Å². The van der Waals surface area contributed by atoms with Gasteiger partial charge in [0, 0.05) is 54.6 Å². The maximum Gasteiger partial charge on any atom is 0.219 e. The lowest BCUT2D eigenvalue weighted by Gasteiger charge is -2.46. The minimum Gasteiger partial charge on any atom is -0.598 e. The summed E-state index contributed by atoms with van der Waals surface area (Å²) in [6, 6.07) is 3.89. The summed E-state index contributed by atoms with van der Waals surface area (Å²) < 4.78 is 22.2. The summed E-state index contributed by atoms with van der Waals surface area (Å²) in [5, 5.41) is 0. The Hall–Kier alpha value is -0.820. The van der Waals surface area contributed by atoms with Crippen molar-refractivity contribution in [2.24, 2.45) is 0 Å². The van der Waals surface area contributed by atoms with Crippen LogP contribution in [0.15, 0.2) is 18.3 Å². The van der Waals surface area contributed by atoms with Gasteiger partial charge in [0.2, 0.25) is 5.88 Å². The van der Waals surface area contributed by atoms with Crippen molar-refractivity contribution in [3.63, 3.8) is 0 Å². The molecule has 0 aliphatic carbocycles. The molecule has 5 nitrogen and oxygen atoms in total. The number of hydrogen-bond acceptors (Lipinski definition) is 5. The van der Waals surface area contributed by atoms with Gasteiger partial charge in [-0.1, -0.05) is 6.07 Å². The molecule has 2 aliphatic heterocycles. The van der Waals surface area contributed by atoms with Gasteiger partial charge in [0.1, 0.15) is 16.4 Å². The monoisotopic (exact) mass is 365 g/mol. The number of ether oxygens (including phenoxy) is 1. The van der Waals surface area contributed by atoms with Gasteiger partial charge in [-0.2, -0.15) is 0 Å². The van der Waals surface area contributed by atoms with Crippen molar-refractivity contribution in [2.75, 3.05) is 13.1 Å². The zero-order valence-corrected chi connectivity index (χ0v) is 17.1. The van der Waals surface area contributed by atoms with Crippen molar-refractivity contribution in [3.05, 3.63) is 23.9 Å². The van der Waals surface area contributed by atoms with Crippen LogP contribution in [0, 0.1) is 0 Å². The quantitative estimate of drug-likeness (QED) is 0.816. The second-order valence-corrected chi connectivity index (χ2v) is 11.2. The van der Waals surface area contributed by atoms with E-state index in [0.29, 0.717) is 5.88 Å². The molecule has 2 atom stereocenters. The standard InChI is InChI=1S/C19H31N3O2S/c1-17(2,3)22-12-9-19(10-13-22)15(21-25(23)18(4,5)6)14-8-7-11-20-16(14)24-19/h7-8,11,15,21H,9-10,12-13H2,1-6H3/t15-,25?/m1/s1. The highest BCUT2D eigenvalue weighted by Crippen LogP contribution is 2.48. The lowest BCUT2D eigenvalue weighted by molar-refractivity contribution is -0.0285. The van der Waals surface area contributed by atoms with Crippen LogP contribution in [0.2, 0.25) is 0 Å². The Balaban J connectivity index is 1.86. The molecule has 0 saturated carbocycles. The fraction of sp³-hybridized carbons (Fsp3) is 0.737. The molecule has 25 heavy (non-hydrogen) atoms. The van der Waals surface area contributed by atoms with E-state index < -0.39 is 11.4 Å². The number of rotatable bonds is 2. The molecule has 3 rings (SSSR count). The first-order valence-corrected chi connectivity index (χ1v) is 10.2. The summed E-state index contributed by atoms with van der Waals surface area (Å²) in [7, 11) is 0. The van der Waals surface area contributed by atoms with Crippen LogP contribution in [0.1, 0.15) is 66.0 Å². The number of likely N-dealkylation sites (tertiary alicyclic amines) is 1. The van der Waals surface area contributed by atoms with Gasteiger partial charge in [0.05, 0.1) is 0 Å². The molecule has 1 saturated heterocycles. The number of nitrogens with one attached hydrogen (secondary N) is 1. The number of fused-ring (bicyclic) bond motifs is 1. The second-order valence-electron chi connectivity index (χ2n) is 9.15.